The molecular weight excluding hydrogens is 174 g/mol. The van der Waals surface area contributed by atoms with E-state index >= 15 is 0 Å². The predicted octanol–water partition coefficient (Wildman–Crippen LogP) is 1.25. The molecule has 1 heterocycles. The number of hydrogen-bond acceptors (Lipinski definition) is 5. The van der Waals surface area contributed by atoms with Gasteiger partial charge in [-0.15, -0.1) is 0 Å². The van der Waals surface area contributed by atoms with Gasteiger partial charge in [-0.3, -0.25) is 0 Å². The van der Waals surface area contributed by atoms with E-state index in [1.54, 1.807) is 20.4 Å². The van der Waals surface area contributed by atoms with Crippen molar-refractivity contribution < 1.29 is 4.74 Å². The van der Waals surface area contributed by atoms with Crippen molar-refractivity contribution in [1.29, 1.82) is 0 Å². The van der Waals surface area contributed by atoms with Crippen LogP contribution in [0, 0.1) is 0 Å². The number of rotatable bonds is 3. The van der Waals surface area contributed by atoms with E-state index in [0.29, 0.717) is 5.75 Å². The molecule has 1 aromatic heterocycles. The second-order valence-electron chi connectivity index (χ2n) is 2.02. The first-order chi connectivity index (χ1) is 5.81. The topological polar surface area (TPSA) is 47.0 Å². The molecule has 0 atom stereocenters. The summed E-state index contributed by atoms with van der Waals surface area (Å²) < 4.78 is 5.04. The van der Waals surface area contributed by atoms with Crippen LogP contribution in [-0.2, 0) is 0 Å². The SMILES string of the molecule is CNc1nc(SC)ncc1OC. The summed E-state index contributed by atoms with van der Waals surface area (Å²) in [5, 5.41) is 3.67. The van der Waals surface area contributed by atoms with E-state index in [-0.39, 0.29) is 0 Å². The van der Waals surface area contributed by atoms with Gasteiger partial charge in [0.05, 0.1) is 13.3 Å². The van der Waals surface area contributed by atoms with Gasteiger partial charge < -0.3 is 10.1 Å². The zero-order valence-corrected chi connectivity index (χ0v) is 8.10. The minimum absolute atomic E-state index is 0.662. The summed E-state index contributed by atoms with van der Waals surface area (Å²) in [6.45, 7) is 0. The van der Waals surface area contributed by atoms with Gasteiger partial charge in [-0.05, 0) is 6.26 Å². The Morgan fingerprint density at radius 1 is 1.58 bits per heavy atom. The van der Waals surface area contributed by atoms with E-state index in [2.05, 4.69) is 15.3 Å². The third-order valence-corrected chi connectivity index (χ3v) is 1.93. The number of hydrogen-bond donors (Lipinski definition) is 1. The van der Waals surface area contributed by atoms with E-state index in [4.69, 9.17) is 4.74 Å². The highest BCUT2D eigenvalue weighted by molar-refractivity contribution is 7.98. The number of anilines is 1. The molecule has 4 nitrogen and oxygen atoms in total. The fourth-order valence-electron chi connectivity index (χ4n) is 0.781. The van der Waals surface area contributed by atoms with Crippen molar-refractivity contribution in [1.82, 2.24) is 9.97 Å². The van der Waals surface area contributed by atoms with E-state index in [0.717, 1.165) is 11.0 Å². The Kier molecular flexibility index (Phi) is 3.16. The molecule has 0 unspecified atom stereocenters. The number of nitrogens with one attached hydrogen (secondary N) is 1. The van der Waals surface area contributed by atoms with Crippen LogP contribution >= 0.6 is 11.8 Å². The molecule has 0 amide bonds. The molecule has 1 aromatic rings. The van der Waals surface area contributed by atoms with Crippen LogP contribution < -0.4 is 10.1 Å². The second kappa shape index (κ2) is 4.15. The van der Waals surface area contributed by atoms with Crippen LogP contribution in [0.15, 0.2) is 11.4 Å². The number of nitrogens with zero attached hydrogens (tertiary/aromatic N) is 2. The van der Waals surface area contributed by atoms with Crippen molar-refractivity contribution in [3.05, 3.63) is 6.20 Å². The third-order valence-electron chi connectivity index (χ3n) is 1.37. The molecule has 0 aliphatic rings. The first kappa shape index (κ1) is 9.12. The molecule has 0 aliphatic heterocycles. The number of methoxy groups -OCH3 is 1. The largest absolute Gasteiger partial charge is 0.491 e. The third kappa shape index (κ3) is 1.79. The van der Waals surface area contributed by atoms with E-state index in [1.807, 2.05) is 6.26 Å². The highest BCUT2D eigenvalue weighted by atomic mass is 32.2. The van der Waals surface area contributed by atoms with Crippen molar-refractivity contribution in [2.45, 2.75) is 5.16 Å². The lowest BCUT2D eigenvalue weighted by Gasteiger charge is -2.06. The number of ether oxygens (including phenoxy) is 1. The van der Waals surface area contributed by atoms with E-state index < -0.39 is 0 Å². The van der Waals surface area contributed by atoms with Crippen molar-refractivity contribution >= 4 is 17.6 Å². The van der Waals surface area contributed by atoms with Gasteiger partial charge in [-0.25, -0.2) is 9.97 Å². The maximum Gasteiger partial charge on any atom is 0.189 e. The average molecular weight is 185 g/mol. The second-order valence-corrected chi connectivity index (χ2v) is 2.80. The van der Waals surface area contributed by atoms with E-state index in [9.17, 15) is 0 Å². The summed E-state index contributed by atoms with van der Waals surface area (Å²) in [6.07, 6.45) is 3.59. The molecule has 5 heteroatoms. The molecular formula is C7H11N3OS. The van der Waals surface area contributed by atoms with Gasteiger partial charge in [-0.2, -0.15) is 0 Å². The highest BCUT2D eigenvalue weighted by Gasteiger charge is 2.03. The van der Waals surface area contributed by atoms with Gasteiger partial charge in [0.15, 0.2) is 16.7 Å². The van der Waals surface area contributed by atoms with Gasteiger partial charge >= 0.3 is 0 Å². The Morgan fingerprint density at radius 2 is 2.33 bits per heavy atom. The number of thioether (sulfide) groups is 1. The van der Waals surface area contributed by atoms with Crippen LogP contribution in [0.5, 0.6) is 5.75 Å². The summed E-state index contributed by atoms with van der Waals surface area (Å²) in [5.74, 6) is 1.38. The number of aromatic nitrogens is 2. The zero-order valence-electron chi connectivity index (χ0n) is 7.29. The monoisotopic (exact) mass is 185 g/mol. The molecule has 0 bridgehead atoms. The lowest BCUT2D eigenvalue weighted by Crippen LogP contribution is -1.99. The van der Waals surface area contributed by atoms with Crippen LogP contribution in [0.3, 0.4) is 0 Å². The molecule has 0 aliphatic carbocycles. The Bertz CT molecular complexity index is 267. The molecule has 66 valence electrons. The maximum absolute atomic E-state index is 5.04. The van der Waals surface area contributed by atoms with Crippen LogP contribution in [0.25, 0.3) is 0 Å². The Morgan fingerprint density at radius 3 is 2.83 bits per heavy atom. The van der Waals surface area contributed by atoms with Crippen LogP contribution in [0.4, 0.5) is 5.82 Å². The van der Waals surface area contributed by atoms with Crippen molar-refractivity contribution in [2.75, 3.05) is 25.7 Å². The highest BCUT2D eigenvalue weighted by Crippen LogP contribution is 2.21. The normalized spacial score (nSPS) is 9.58. The van der Waals surface area contributed by atoms with E-state index in [1.165, 1.54) is 11.8 Å². The minimum atomic E-state index is 0.662. The lowest BCUT2D eigenvalue weighted by molar-refractivity contribution is 0.411. The fraction of sp³-hybridized carbons (Fsp3) is 0.429. The quantitative estimate of drug-likeness (QED) is 0.567. The maximum atomic E-state index is 5.04. The molecule has 0 aromatic carbocycles. The molecule has 0 saturated carbocycles. The molecule has 0 fully saturated rings. The molecule has 1 N–H and O–H groups in total. The fourth-order valence-corrected chi connectivity index (χ4v) is 1.12. The summed E-state index contributed by atoms with van der Waals surface area (Å²) in [5.41, 5.74) is 0. The smallest absolute Gasteiger partial charge is 0.189 e. The first-order valence-corrected chi connectivity index (χ1v) is 4.67. The summed E-state index contributed by atoms with van der Waals surface area (Å²) in [4.78, 5) is 8.26. The predicted molar refractivity (Wildman–Crippen MR) is 49.9 cm³/mol. The van der Waals surface area contributed by atoms with Crippen molar-refractivity contribution in [3.8, 4) is 5.75 Å². The van der Waals surface area contributed by atoms with Gasteiger partial charge in [0.2, 0.25) is 0 Å². The molecule has 12 heavy (non-hydrogen) atoms. The van der Waals surface area contributed by atoms with Gasteiger partial charge in [0, 0.05) is 7.05 Å². The molecule has 0 saturated heterocycles. The van der Waals surface area contributed by atoms with Crippen LogP contribution in [0.1, 0.15) is 0 Å². The average Bonchev–Trinajstić information content (AvgIpc) is 2.16. The molecule has 0 radical (unpaired) electrons. The summed E-state index contributed by atoms with van der Waals surface area (Å²) in [6, 6.07) is 0. The Hall–Kier alpha value is -0.970. The summed E-state index contributed by atoms with van der Waals surface area (Å²) in [7, 11) is 3.40. The lowest BCUT2D eigenvalue weighted by atomic mass is 10.5. The van der Waals surface area contributed by atoms with Crippen LogP contribution in [0.2, 0.25) is 0 Å². The first-order valence-electron chi connectivity index (χ1n) is 3.44. The van der Waals surface area contributed by atoms with Crippen molar-refractivity contribution in [2.24, 2.45) is 0 Å². The Balaban J connectivity index is 3.02. The standard InChI is InChI=1S/C7H11N3OS/c1-8-6-5(11-2)4-9-7(10-6)12-3/h4H,1-3H3,(H,8,9,10). The summed E-state index contributed by atoms with van der Waals surface area (Å²) >= 11 is 1.50. The van der Waals surface area contributed by atoms with Crippen LogP contribution in [-0.4, -0.2) is 30.4 Å². The van der Waals surface area contributed by atoms with Gasteiger partial charge in [0.25, 0.3) is 0 Å². The minimum Gasteiger partial charge on any atom is -0.491 e. The molecule has 1 rings (SSSR count). The Labute approximate surface area is 75.8 Å². The molecule has 0 spiro atoms. The van der Waals surface area contributed by atoms with Gasteiger partial charge in [-0.1, -0.05) is 11.8 Å². The van der Waals surface area contributed by atoms with Crippen molar-refractivity contribution in [3.63, 3.8) is 0 Å². The zero-order chi connectivity index (χ0) is 8.97. The van der Waals surface area contributed by atoms with Gasteiger partial charge in [0.1, 0.15) is 0 Å².